The van der Waals surface area contributed by atoms with Gasteiger partial charge in [-0.05, 0) is 36.7 Å². The van der Waals surface area contributed by atoms with Gasteiger partial charge < -0.3 is 10.8 Å². The molecule has 0 heterocycles. The fourth-order valence-electron chi connectivity index (χ4n) is 1.41. The zero-order chi connectivity index (χ0) is 13.1. The smallest absolute Gasteiger partial charge is 0.294 e. The number of nitrogens with two attached hydrogens (primary N) is 1. The van der Waals surface area contributed by atoms with Crippen LogP contribution in [0.2, 0.25) is 0 Å². The van der Waals surface area contributed by atoms with Crippen molar-refractivity contribution < 1.29 is 18.1 Å². The third kappa shape index (κ3) is 2.94. The molecule has 0 saturated heterocycles. The zero-order valence-corrected chi connectivity index (χ0v) is 9.98. The Morgan fingerprint density at radius 2 is 1.76 bits per heavy atom. The second-order valence-electron chi connectivity index (χ2n) is 3.14. The first-order valence-corrected chi connectivity index (χ1v) is 6.19. The number of benzene rings is 2. The average molecular weight is 255 g/mol. The first-order valence-electron chi connectivity index (χ1n) is 4.75. The number of hydrogen-bond donors (Lipinski definition) is 3. The summed E-state index contributed by atoms with van der Waals surface area (Å²) < 4.78 is 30.5. The summed E-state index contributed by atoms with van der Waals surface area (Å²) in [6.45, 7) is 0. The number of phenols is 1. The summed E-state index contributed by atoms with van der Waals surface area (Å²) in [5.74, 6) is 0.0781. The largest absolute Gasteiger partial charge is 0.507 e. The van der Waals surface area contributed by atoms with Crippen LogP contribution >= 0.6 is 0 Å². The van der Waals surface area contributed by atoms with Crippen molar-refractivity contribution in [1.29, 1.82) is 0 Å². The highest BCUT2D eigenvalue weighted by Gasteiger charge is 2.10. The lowest BCUT2D eigenvalue weighted by atomic mass is 10.1. The Kier molecular flexibility index (Phi) is 4.06. The highest BCUT2D eigenvalue weighted by Crippen LogP contribution is 2.26. The quantitative estimate of drug-likeness (QED) is 0.668. The van der Waals surface area contributed by atoms with Crippen LogP contribution in [-0.2, 0) is 10.1 Å². The van der Waals surface area contributed by atoms with Gasteiger partial charge in [0.2, 0.25) is 0 Å². The fourth-order valence-corrected chi connectivity index (χ4v) is 1.92. The number of aromatic hydroxyl groups is 1. The van der Waals surface area contributed by atoms with Crippen molar-refractivity contribution in [2.75, 3.05) is 7.05 Å². The van der Waals surface area contributed by atoms with Crippen LogP contribution in [0.5, 0.6) is 5.75 Å². The van der Waals surface area contributed by atoms with Crippen molar-refractivity contribution in [3.8, 4) is 5.75 Å². The molecule has 0 amide bonds. The molecule has 0 radical (unpaired) electrons. The van der Waals surface area contributed by atoms with E-state index < -0.39 is 10.1 Å². The number of hydrogen-bond acceptors (Lipinski definition) is 4. The van der Waals surface area contributed by atoms with Gasteiger partial charge in [0.25, 0.3) is 10.1 Å². The van der Waals surface area contributed by atoms with Crippen molar-refractivity contribution in [2.24, 2.45) is 5.73 Å². The molecule has 4 N–H and O–H groups in total. The molecule has 6 heteroatoms. The van der Waals surface area contributed by atoms with E-state index >= 15 is 0 Å². The number of fused-ring (bicyclic) bond motifs is 1. The van der Waals surface area contributed by atoms with Crippen LogP contribution in [0.4, 0.5) is 0 Å². The lowest BCUT2D eigenvalue weighted by Gasteiger charge is -2.02. The monoisotopic (exact) mass is 255 g/mol. The molecule has 2 aromatic carbocycles. The summed E-state index contributed by atoms with van der Waals surface area (Å²) in [6.07, 6.45) is 0. The molecule has 2 rings (SSSR count). The van der Waals surface area contributed by atoms with Gasteiger partial charge in [0, 0.05) is 5.39 Å². The normalized spacial score (nSPS) is 10.8. The molecule has 0 bridgehead atoms. The molecule has 0 atom stereocenters. The van der Waals surface area contributed by atoms with Crippen molar-refractivity contribution in [2.45, 2.75) is 4.90 Å². The number of phenolic OH excluding ortho intramolecular Hbond substituents is 1. The molecule has 17 heavy (non-hydrogen) atoms. The molecule has 0 spiro atoms. The van der Waals surface area contributed by atoms with Gasteiger partial charge >= 0.3 is 0 Å². The molecular formula is C11H13NO4S. The minimum atomic E-state index is -4.19. The molecule has 0 fully saturated rings. The van der Waals surface area contributed by atoms with E-state index in [1.54, 1.807) is 12.1 Å². The molecule has 92 valence electrons. The van der Waals surface area contributed by atoms with Gasteiger partial charge in [0.05, 0.1) is 4.90 Å². The van der Waals surface area contributed by atoms with Crippen LogP contribution in [0.3, 0.4) is 0 Å². The summed E-state index contributed by atoms with van der Waals surface area (Å²) in [5, 5.41) is 10.6. The van der Waals surface area contributed by atoms with E-state index in [0.29, 0.717) is 10.8 Å². The highest BCUT2D eigenvalue weighted by atomic mass is 32.2. The maximum absolute atomic E-state index is 10.9. The summed E-state index contributed by atoms with van der Waals surface area (Å²) in [6, 6.07) is 8.78. The maximum Gasteiger partial charge on any atom is 0.294 e. The van der Waals surface area contributed by atoms with E-state index in [-0.39, 0.29) is 10.6 Å². The van der Waals surface area contributed by atoms with E-state index in [4.69, 9.17) is 4.55 Å². The lowest BCUT2D eigenvalue weighted by Crippen LogP contribution is -1.97. The van der Waals surface area contributed by atoms with Gasteiger partial charge in [-0.25, -0.2) is 0 Å². The van der Waals surface area contributed by atoms with Gasteiger partial charge in [-0.1, -0.05) is 12.1 Å². The minimum absolute atomic E-state index is 0.0781. The number of rotatable bonds is 1. The predicted molar refractivity (Wildman–Crippen MR) is 65.5 cm³/mol. The van der Waals surface area contributed by atoms with E-state index in [0.717, 1.165) is 0 Å². The summed E-state index contributed by atoms with van der Waals surface area (Å²) in [4.78, 5) is -0.180. The van der Waals surface area contributed by atoms with Crippen LogP contribution in [0.15, 0.2) is 41.3 Å². The Labute approximate surface area is 99.2 Å². The highest BCUT2D eigenvalue weighted by molar-refractivity contribution is 7.85. The van der Waals surface area contributed by atoms with Crippen LogP contribution in [0.25, 0.3) is 10.8 Å². The molecule has 2 aromatic rings. The van der Waals surface area contributed by atoms with Crippen LogP contribution in [-0.4, -0.2) is 25.1 Å². The van der Waals surface area contributed by atoms with Crippen molar-refractivity contribution in [3.05, 3.63) is 36.4 Å². The van der Waals surface area contributed by atoms with E-state index in [9.17, 15) is 13.5 Å². The second-order valence-corrected chi connectivity index (χ2v) is 4.56. The summed E-state index contributed by atoms with van der Waals surface area (Å²) >= 11 is 0. The molecule has 0 saturated carbocycles. The first-order chi connectivity index (χ1) is 7.98. The van der Waals surface area contributed by atoms with Crippen molar-refractivity contribution in [1.82, 2.24) is 0 Å². The van der Waals surface area contributed by atoms with Gasteiger partial charge in [-0.15, -0.1) is 0 Å². The van der Waals surface area contributed by atoms with Gasteiger partial charge in [0.1, 0.15) is 5.75 Å². The Balaban J connectivity index is 0.000000686. The molecular weight excluding hydrogens is 242 g/mol. The van der Waals surface area contributed by atoms with Crippen LogP contribution in [0, 0.1) is 0 Å². The van der Waals surface area contributed by atoms with E-state index in [1.165, 1.54) is 31.3 Å². The molecule has 0 aliphatic carbocycles. The van der Waals surface area contributed by atoms with Crippen LogP contribution in [0.1, 0.15) is 0 Å². The zero-order valence-electron chi connectivity index (χ0n) is 9.16. The predicted octanol–water partition coefficient (Wildman–Crippen LogP) is 1.37. The lowest BCUT2D eigenvalue weighted by molar-refractivity contribution is 0.480. The molecule has 0 aliphatic rings. The summed E-state index contributed by atoms with van der Waals surface area (Å²) in [5.41, 5.74) is 4.50. The molecule has 0 aliphatic heterocycles. The van der Waals surface area contributed by atoms with Gasteiger partial charge in [-0.2, -0.15) is 8.42 Å². The van der Waals surface area contributed by atoms with E-state index in [2.05, 4.69) is 5.73 Å². The van der Waals surface area contributed by atoms with Gasteiger partial charge in [0.15, 0.2) is 0 Å². The SMILES string of the molecule is CN.O=S(=O)(O)c1ccc2c(O)cccc2c1. The topological polar surface area (TPSA) is 101 Å². The Hall–Kier alpha value is -1.63. The van der Waals surface area contributed by atoms with Crippen LogP contribution < -0.4 is 5.73 Å². The average Bonchev–Trinajstić information content (AvgIpc) is 2.30. The third-order valence-corrected chi connectivity index (χ3v) is 2.98. The Bertz CT molecular complexity index is 622. The summed E-state index contributed by atoms with van der Waals surface area (Å²) in [7, 11) is -2.69. The Morgan fingerprint density at radius 3 is 2.35 bits per heavy atom. The second kappa shape index (κ2) is 5.13. The maximum atomic E-state index is 10.9. The molecule has 0 unspecified atom stereocenters. The first kappa shape index (κ1) is 13.4. The van der Waals surface area contributed by atoms with Gasteiger partial charge in [-0.3, -0.25) is 4.55 Å². The molecule has 0 aromatic heterocycles. The standard InChI is InChI=1S/C10H8O4S.CH5N/c11-10-3-1-2-7-6-8(15(12,13)14)4-5-9(7)10;1-2/h1-6,11H,(H,12,13,14);2H2,1H3. The third-order valence-electron chi connectivity index (χ3n) is 2.13. The molecule has 5 nitrogen and oxygen atoms in total. The van der Waals surface area contributed by atoms with Crippen molar-refractivity contribution in [3.63, 3.8) is 0 Å². The van der Waals surface area contributed by atoms with Crippen molar-refractivity contribution >= 4 is 20.9 Å². The minimum Gasteiger partial charge on any atom is -0.507 e. The Morgan fingerprint density at radius 1 is 1.12 bits per heavy atom. The fraction of sp³-hybridized carbons (Fsp3) is 0.0909. The van der Waals surface area contributed by atoms with E-state index in [1.807, 2.05) is 0 Å².